The lowest BCUT2D eigenvalue weighted by molar-refractivity contribution is -0.134. The van der Waals surface area contributed by atoms with Crippen LogP contribution in [0.2, 0.25) is 0 Å². The minimum atomic E-state index is -0.833. The minimum absolute atomic E-state index is 0.00744. The topological polar surface area (TPSA) is 114 Å². The van der Waals surface area contributed by atoms with E-state index in [0.717, 1.165) is 28.7 Å². The van der Waals surface area contributed by atoms with E-state index in [0.29, 0.717) is 11.3 Å². The summed E-state index contributed by atoms with van der Waals surface area (Å²) in [6.45, 7) is 2.72. The second-order valence-electron chi connectivity index (χ2n) is 6.58. The van der Waals surface area contributed by atoms with Crippen molar-refractivity contribution < 1.29 is 19.5 Å². The number of imidazole rings is 1. The number of carboxylic acid groups (broad SMARTS) is 1. The Hall–Kier alpha value is -3.85. The molecule has 0 saturated carbocycles. The molecule has 0 radical (unpaired) electrons. The second-order valence-corrected chi connectivity index (χ2v) is 7.46. The number of nitrogens with one attached hydrogen (secondary N) is 1. The number of hydrogen-bond acceptors (Lipinski definition) is 6. The number of aromatic nitrogens is 3. The molecule has 0 spiro atoms. The van der Waals surface area contributed by atoms with Crippen LogP contribution in [0.3, 0.4) is 0 Å². The van der Waals surface area contributed by atoms with Crippen LogP contribution in [-0.2, 0) is 16.1 Å². The summed E-state index contributed by atoms with van der Waals surface area (Å²) in [5.74, 6) is -0.285. The SMILES string of the molecule is CC(=O)O.CC(=O)c1ccc(NC(=O)Cn2c(-c3cncs3)nc3ccccc32)cc1. The van der Waals surface area contributed by atoms with Crippen LogP contribution in [0, 0.1) is 0 Å². The van der Waals surface area contributed by atoms with Crippen molar-refractivity contribution in [2.24, 2.45) is 0 Å². The summed E-state index contributed by atoms with van der Waals surface area (Å²) in [6.07, 6.45) is 1.75. The summed E-state index contributed by atoms with van der Waals surface area (Å²) in [7, 11) is 0. The van der Waals surface area contributed by atoms with E-state index >= 15 is 0 Å². The molecule has 4 rings (SSSR count). The van der Waals surface area contributed by atoms with E-state index in [1.165, 1.54) is 18.3 Å². The first kappa shape index (κ1) is 21.8. The van der Waals surface area contributed by atoms with Crippen LogP contribution in [0.4, 0.5) is 5.69 Å². The van der Waals surface area contributed by atoms with Gasteiger partial charge < -0.3 is 15.0 Å². The van der Waals surface area contributed by atoms with E-state index < -0.39 is 5.97 Å². The standard InChI is InChI=1S/C20H16N4O2S.C2H4O2/c1-13(25)14-6-8-15(9-7-14)22-19(26)11-24-17-5-3-2-4-16(17)23-20(24)18-10-21-12-27-18;1-2(3)4/h2-10,12H,11H2,1H3,(H,22,26);1H3,(H,3,4). The third kappa shape index (κ3) is 5.61. The molecule has 2 N–H and O–H groups in total. The zero-order valence-electron chi connectivity index (χ0n) is 16.9. The largest absolute Gasteiger partial charge is 0.481 e. The van der Waals surface area contributed by atoms with E-state index in [9.17, 15) is 9.59 Å². The summed E-state index contributed by atoms with van der Waals surface area (Å²) in [5.41, 5.74) is 4.73. The molecule has 0 atom stereocenters. The number of thiazole rings is 1. The molecular weight excluding hydrogens is 416 g/mol. The smallest absolute Gasteiger partial charge is 0.300 e. The van der Waals surface area contributed by atoms with Crippen molar-refractivity contribution in [3.05, 3.63) is 65.8 Å². The van der Waals surface area contributed by atoms with Crippen molar-refractivity contribution in [3.63, 3.8) is 0 Å². The first-order chi connectivity index (χ1) is 14.8. The summed E-state index contributed by atoms with van der Waals surface area (Å²) >= 11 is 1.48. The molecule has 4 aromatic rings. The van der Waals surface area contributed by atoms with Crippen LogP contribution in [0.15, 0.2) is 60.2 Å². The zero-order valence-corrected chi connectivity index (χ0v) is 17.7. The Labute approximate surface area is 182 Å². The van der Waals surface area contributed by atoms with E-state index in [-0.39, 0.29) is 18.2 Å². The number of aliphatic carboxylic acids is 1. The van der Waals surface area contributed by atoms with Crippen LogP contribution < -0.4 is 5.32 Å². The Kier molecular flexibility index (Phi) is 6.88. The van der Waals surface area contributed by atoms with Crippen molar-refractivity contribution in [3.8, 4) is 10.7 Å². The highest BCUT2D eigenvalue weighted by atomic mass is 32.1. The number of fused-ring (bicyclic) bond motifs is 1. The fraction of sp³-hybridized carbons (Fsp3) is 0.136. The number of Topliss-reactive ketones (excluding diaryl/α,β-unsaturated/α-hetero) is 1. The Morgan fingerprint density at radius 2 is 1.74 bits per heavy atom. The molecule has 8 nitrogen and oxygen atoms in total. The molecule has 0 bridgehead atoms. The average Bonchev–Trinajstić information content (AvgIpc) is 3.36. The van der Waals surface area contributed by atoms with Crippen molar-refractivity contribution in [1.82, 2.24) is 14.5 Å². The van der Waals surface area contributed by atoms with Gasteiger partial charge in [0, 0.05) is 24.4 Å². The van der Waals surface area contributed by atoms with Crippen molar-refractivity contribution in [2.45, 2.75) is 20.4 Å². The van der Waals surface area contributed by atoms with Crippen molar-refractivity contribution >= 4 is 45.7 Å². The highest BCUT2D eigenvalue weighted by Crippen LogP contribution is 2.27. The third-order valence-electron chi connectivity index (χ3n) is 4.18. The molecular formula is C22H20N4O4S. The summed E-state index contributed by atoms with van der Waals surface area (Å²) in [4.78, 5) is 42.7. The normalized spacial score (nSPS) is 10.3. The highest BCUT2D eigenvalue weighted by Gasteiger charge is 2.16. The molecule has 158 valence electrons. The Morgan fingerprint density at radius 3 is 2.35 bits per heavy atom. The van der Waals surface area contributed by atoms with Gasteiger partial charge in [-0.25, -0.2) is 4.98 Å². The van der Waals surface area contributed by atoms with Gasteiger partial charge in [-0.1, -0.05) is 12.1 Å². The Balaban J connectivity index is 0.000000628. The monoisotopic (exact) mass is 436 g/mol. The number of anilines is 1. The number of nitrogens with zero attached hydrogens (tertiary/aromatic N) is 3. The maximum absolute atomic E-state index is 12.6. The number of carbonyl (C=O) groups is 3. The van der Waals surface area contributed by atoms with Gasteiger partial charge in [-0.05, 0) is 43.3 Å². The fourth-order valence-corrected chi connectivity index (χ4v) is 3.50. The van der Waals surface area contributed by atoms with Gasteiger partial charge in [-0.3, -0.25) is 19.4 Å². The van der Waals surface area contributed by atoms with Crippen LogP contribution in [0.25, 0.3) is 21.7 Å². The predicted molar refractivity (Wildman–Crippen MR) is 119 cm³/mol. The van der Waals surface area contributed by atoms with E-state index in [4.69, 9.17) is 9.90 Å². The number of hydrogen-bond donors (Lipinski definition) is 2. The van der Waals surface area contributed by atoms with Gasteiger partial charge >= 0.3 is 0 Å². The maximum Gasteiger partial charge on any atom is 0.300 e. The van der Waals surface area contributed by atoms with Crippen LogP contribution in [-0.4, -0.2) is 37.3 Å². The van der Waals surface area contributed by atoms with Gasteiger partial charge in [-0.15, -0.1) is 11.3 Å². The first-order valence-corrected chi connectivity index (χ1v) is 10.2. The maximum atomic E-state index is 12.6. The molecule has 1 amide bonds. The summed E-state index contributed by atoms with van der Waals surface area (Å²) in [6, 6.07) is 14.6. The van der Waals surface area contributed by atoms with Crippen LogP contribution in [0.1, 0.15) is 24.2 Å². The molecule has 0 aliphatic rings. The van der Waals surface area contributed by atoms with E-state index in [1.807, 2.05) is 28.8 Å². The van der Waals surface area contributed by atoms with Crippen LogP contribution >= 0.6 is 11.3 Å². The molecule has 0 aliphatic heterocycles. The van der Waals surface area contributed by atoms with Gasteiger partial charge in [-0.2, -0.15) is 0 Å². The van der Waals surface area contributed by atoms with Gasteiger partial charge in [0.2, 0.25) is 5.91 Å². The highest BCUT2D eigenvalue weighted by molar-refractivity contribution is 7.13. The lowest BCUT2D eigenvalue weighted by Crippen LogP contribution is -2.19. The van der Waals surface area contributed by atoms with Crippen molar-refractivity contribution in [1.29, 1.82) is 0 Å². The molecule has 0 fully saturated rings. The van der Waals surface area contributed by atoms with Crippen molar-refractivity contribution in [2.75, 3.05) is 5.32 Å². The fourth-order valence-electron chi connectivity index (χ4n) is 2.88. The van der Waals surface area contributed by atoms with E-state index in [1.54, 1.807) is 36.0 Å². The second kappa shape index (κ2) is 9.77. The quantitative estimate of drug-likeness (QED) is 0.456. The van der Waals surface area contributed by atoms with Gasteiger partial charge in [0.25, 0.3) is 5.97 Å². The Morgan fingerprint density at radius 1 is 1.06 bits per heavy atom. The number of rotatable bonds is 5. The molecule has 0 saturated heterocycles. The van der Waals surface area contributed by atoms with Crippen LogP contribution in [0.5, 0.6) is 0 Å². The third-order valence-corrected chi connectivity index (χ3v) is 4.95. The molecule has 2 aromatic heterocycles. The van der Waals surface area contributed by atoms with Gasteiger partial charge in [0.15, 0.2) is 11.6 Å². The molecule has 0 unspecified atom stereocenters. The molecule has 0 aliphatic carbocycles. The van der Waals surface area contributed by atoms with Gasteiger partial charge in [0.1, 0.15) is 6.54 Å². The number of carboxylic acids is 1. The summed E-state index contributed by atoms with van der Waals surface area (Å²) < 4.78 is 1.89. The number of para-hydroxylation sites is 2. The number of carbonyl (C=O) groups excluding carboxylic acids is 2. The number of benzene rings is 2. The Bertz CT molecular complexity index is 1210. The number of ketones is 1. The van der Waals surface area contributed by atoms with E-state index in [2.05, 4.69) is 15.3 Å². The van der Waals surface area contributed by atoms with Gasteiger partial charge in [0.05, 0.1) is 21.4 Å². The summed E-state index contributed by atoms with van der Waals surface area (Å²) in [5, 5.41) is 10.3. The predicted octanol–water partition coefficient (Wildman–Crippen LogP) is 4.09. The molecule has 2 aromatic carbocycles. The molecule has 2 heterocycles. The first-order valence-electron chi connectivity index (χ1n) is 9.29. The number of amides is 1. The minimum Gasteiger partial charge on any atom is -0.481 e. The zero-order chi connectivity index (χ0) is 22.4. The lowest BCUT2D eigenvalue weighted by Gasteiger charge is -2.09. The molecule has 31 heavy (non-hydrogen) atoms. The molecule has 9 heteroatoms. The average molecular weight is 436 g/mol. The lowest BCUT2D eigenvalue weighted by atomic mass is 10.1.